The van der Waals surface area contributed by atoms with E-state index < -0.39 is 24.0 Å². The van der Waals surface area contributed by atoms with Crippen LogP contribution in [0.15, 0.2) is 0 Å². The van der Waals surface area contributed by atoms with Crippen molar-refractivity contribution in [1.82, 2.24) is 0 Å². The van der Waals surface area contributed by atoms with Crippen LogP contribution >= 0.6 is 0 Å². The highest BCUT2D eigenvalue weighted by molar-refractivity contribution is 5.77. The van der Waals surface area contributed by atoms with Gasteiger partial charge in [-0.15, -0.1) is 0 Å². The number of ether oxygens (including phenoxy) is 2. The molecule has 4 atom stereocenters. The summed E-state index contributed by atoms with van der Waals surface area (Å²) in [5.74, 6) is -2.58. The molecule has 3 aliphatic rings. The van der Waals surface area contributed by atoms with Crippen LogP contribution in [0.25, 0.3) is 0 Å². The fraction of sp³-hybridized carbons (Fsp3) is 0.857. The van der Waals surface area contributed by atoms with Gasteiger partial charge in [-0.2, -0.15) is 0 Å². The summed E-state index contributed by atoms with van der Waals surface area (Å²) in [6.45, 7) is 1.64. The van der Waals surface area contributed by atoms with E-state index in [-0.39, 0.29) is 12.5 Å². The molecule has 5 nitrogen and oxygen atoms in total. The maximum atomic E-state index is 10.6. The van der Waals surface area contributed by atoms with E-state index in [0.717, 1.165) is 0 Å². The Kier molecular flexibility index (Phi) is 1.45. The molecule has 2 N–H and O–H groups in total. The highest BCUT2D eigenvalue weighted by Gasteiger charge is 2.62. The molecule has 3 saturated heterocycles. The molecule has 68 valence electrons. The summed E-state index contributed by atoms with van der Waals surface area (Å²) in [4.78, 5) is 10.6. The molecular formula is C7H10O5. The SMILES string of the molecule is C[C@@H]1OC2(C(=O)O)CC(O2)C1O. The third kappa shape index (κ3) is 0.811. The van der Waals surface area contributed by atoms with Gasteiger partial charge in [-0.25, -0.2) is 4.79 Å². The van der Waals surface area contributed by atoms with E-state index in [2.05, 4.69) is 0 Å². The Hall–Kier alpha value is -0.650. The van der Waals surface area contributed by atoms with Crippen LogP contribution in [-0.2, 0) is 14.3 Å². The van der Waals surface area contributed by atoms with Crippen LogP contribution < -0.4 is 0 Å². The van der Waals surface area contributed by atoms with Crippen molar-refractivity contribution < 1.29 is 24.5 Å². The van der Waals surface area contributed by atoms with Crippen molar-refractivity contribution in [2.45, 2.75) is 37.4 Å². The highest BCUT2D eigenvalue weighted by atomic mass is 16.8. The molecule has 0 aromatic heterocycles. The summed E-state index contributed by atoms with van der Waals surface area (Å²) >= 11 is 0. The van der Waals surface area contributed by atoms with Gasteiger partial charge in [0.05, 0.1) is 12.2 Å². The monoisotopic (exact) mass is 174 g/mol. The minimum Gasteiger partial charge on any atom is -0.477 e. The van der Waals surface area contributed by atoms with Crippen molar-refractivity contribution in [1.29, 1.82) is 0 Å². The summed E-state index contributed by atoms with van der Waals surface area (Å²) in [6.07, 6.45) is -1.29. The van der Waals surface area contributed by atoms with Crippen LogP contribution in [0.5, 0.6) is 0 Å². The number of rotatable bonds is 1. The number of fused-ring (bicyclic) bond motifs is 2. The van der Waals surface area contributed by atoms with E-state index in [0.29, 0.717) is 0 Å². The summed E-state index contributed by atoms with van der Waals surface area (Å²) in [6, 6.07) is 0. The molecular weight excluding hydrogens is 164 g/mol. The molecule has 0 saturated carbocycles. The van der Waals surface area contributed by atoms with Gasteiger partial charge in [0.15, 0.2) is 0 Å². The van der Waals surface area contributed by atoms with Crippen LogP contribution in [0.3, 0.4) is 0 Å². The van der Waals surface area contributed by atoms with Crippen LogP contribution in [0.4, 0.5) is 0 Å². The zero-order valence-electron chi connectivity index (χ0n) is 6.56. The third-order valence-corrected chi connectivity index (χ3v) is 2.38. The van der Waals surface area contributed by atoms with E-state index in [1.165, 1.54) is 0 Å². The van der Waals surface area contributed by atoms with Gasteiger partial charge in [-0.1, -0.05) is 0 Å². The van der Waals surface area contributed by atoms with Crippen LogP contribution in [0, 0.1) is 0 Å². The van der Waals surface area contributed by atoms with Gasteiger partial charge < -0.3 is 19.7 Å². The first kappa shape index (κ1) is 7.97. The molecule has 5 heteroatoms. The van der Waals surface area contributed by atoms with Crippen molar-refractivity contribution in [2.75, 3.05) is 0 Å². The number of carboxylic acid groups (broad SMARTS) is 1. The van der Waals surface area contributed by atoms with E-state index in [9.17, 15) is 9.90 Å². The number of aliphatic carboxylic acids is 1. The lowest BCUT2D eigenvalue weighted by molar-refractivity contribution is -0.404. The van der Waals surface area contributed by atoms with Crippen molar-refractivity contribution in [2.24, 2.45) is 0 Å². The number of hydrogen-bond acceptors (Lipinski definition) is 4. The Morgan fingerprint density at radius 1 is 1.58 bits per heavy atom. The molecule has 3 fully saturated rings. The highest BCUT2D eigenvalue weighted by Crippen LogP contribution is 2.43. The predicted octanol–water partition coefficient (Wildman–Crippen LogP) is -0.664. The summed E-state index contributed by atoms with van der Waals surface area (Å²) in [5.41, 5.74) is 0. The average Bonchev–Trinajstić information content (AvgIpc) is 1.91. The molecule has 3 rings (SSSR count). The molecule has 3 heterocycles. The van der Waals surface area contributed by atoms with Crippen LogP contribution in [0.1, 0.15) is 13.3 Å². The molecule has 0 aromatic carbocycles. The standard InChI is InChI=1S/C7H10O5/c1-3-5(8)4-2-7(11-3,12-4)6(9)10/h3-5,8H,2H2,1H3,(H,9,10)/t3-,4?,5?,7?/m0/s1. The van der Waals surface area contributed by atoms with Crippen molar-refractivity contribution >= 4 is 5.97 Å². The van der Waals surface area contributed by atoms with Gasteiger partial charge in [0.25, 0.3) is 5.79 Å². The molecule has 0 amide bonds. The first-order chi connectivity index (χ1) is 5.55. The molecule has 0 radical (unpaired) electrons. The Labute approximate surface area is 68.9 Å². The normalized spacial score (nSPS) is 51.3. The Morgan fingerprint density at radius 2 is 2.17 bits per heavy atom. The number of hydrogen-bond donors (Lipinski definition) is 2. The Balaban J connectivity index is 2.14. The first-order valence-electron chi connectivity index (χ1n) is 3.82. The number of carboxylic acids is 1. The van der Waals surface area contributed by atoms with Gasteiger partial charge in [0, 0.05) is 6.42 Å². The first-order valence-corrected chi connectivity index (χ1v) is 3.82. The number of carbonyl (C=O) groups is 1. The molecule has 12 heavy (non-hydrogen) atoms. The van der Waals surface area contributed by atoms with Gasteiger partial charge in [0.1, 0.15) is 6.10 Å². The largest absolute Gasteiger partial charge is 0.477 e. The Morgan fingerprint density at radius 3 is 2.58 bits per heavy atom. The van der Waals surface area contributed by atoms with Gasteiger partial charge in [-0.3, -0.25) is 0 Å². The summed E-state index contributed by atoms with van der Waals surface area (Å²) in [7, 11) is 0. The smallest absolute Gasteiger partial charge is 0.364 e. The minimum absolute atomic E-state index is 0.244. The number of aliphatic hydroxyl groups excluding tert-OH is 1. The fourth-order valence-corrected chi connectivity index (χ4v) is 1.63. The third-order valence-electron chi connectivity index (χ3n) is 2.38. The van der Waals surface area contributed by atoms with Gasteiger partial charge >= 0.3 is 5.97 Å². The zero-order valence-corrected chi connectivity index (χ0v) is 6.56. The average molecular weight is 174 g/mol. The summed E-state index contributed by atoms with van der Waals surface area (Å²) < 4.78 is 9.98. The van der Waals surface area contributed by atoms with Crippen molar-refractivity contribution in [3.63, 3.8) is 0 Å². The second-order valence-electron chi connectivity index (χ2n) is 3.23. The molecule has 3 aliphatic heterocycles. The fourth-order valence-electron chi connectivity index (χ4n) is 1.63. The zero-order chi connectivity index (χ0) is 8.93. The van der Waals surface area contributed by atoms with Gasteiger partial charge in [0.2, 0.25) is 0 Å². The van der Waals surface area contributed by atoms with Crippen LogP contribution in [-0.4, -0.2) is 40.3 Å². The number of aliphatic hydroxyl groups is 1. The maximum Gasteiger partial charge on any atom is 0.364 e. The maximum absolute atomic E-state index is 10.6. The lowest BCUT2D eigenvalue weighted by Gasteiger charge is -2.53. The molecule has 0 aliphatic carbocycles. The lowest BCUT2D eigenvalue weighted by Crippen LogP contribution is -2.69. The molecule has 0 spiro atoms. The summed E-state index contributed by atoms with van der Waals surface area (Å²) in [5, 5.41) is 18.0. The van der Waals surface area contributed by atoms with Crippen LogP contribution in [0.2, 0.25) is 0 Å². The van der Waals surface area contributed by atoms with E-state index in [4.69, 9.17) is 14.6 Å². The Bertz CT molecular complexity index is 218. The predicted molar refractivity (Wildman–Crippen MR) is 36.4 cm³/mol. The minimum atomic E-state index is -1.47. The van der Waals surface area contributed by atoms with Crippen molar-refractivity contribution in [3.8, 4) is 0 Å². The molecule has 3 unspecified atom stereocenters. The van der Waals surface area contributed by atoms with E-state index in [1.807, 2.05) is 0 Å². The second-order valence-corrected chi connectivity index (χ2v) is 3.23. The van der Waals surface area contributed by atoms with E-state index >= 15 is 0 Å². The lowest BCUT2D eigenvalue weighted by atomic mass is 9.90. The second kappa shape index (κ2) is 2.18. The van der Waals surface area contributed by atoms with Crippen molar-refractivity contribution in [3.05, 3.63) is 0 Å². The topological polar surface area (TPSA) is 76.0 Å². The van der Waals surface area contributed by atoms with E-state index in [1.54, 1.807) is 6.92 Å². The quantitative estimate of drug-likeness (QED) is 0.551. The molecule has 2 bridgehead atoms. The van der Waals surface area contributed by atoms with Gasteiger partial charge in [-0.05, 0) is 6.92 Å². The molecule has 0 aromatic rings.